The van der Waals surface area contributed by atoms with Crippen molar-refractivity contribution in [2.45, 2.75) is 216 Å². The van der Waals surface area contributed by atoms with Gasteiger partial charge in [0.1, 0.15) is 21.3 Å². The zero-order chi connectivity index (χ0) is 40.3. The molecule has 0 aromatic heterocycles. The number of benzene rings is 2. The van der Waals surface area contributed by atoms with Gasteiger partial charge in [-0.05, 0) is 61.1 Å². The molecule has 312 valence electrons. The summed E-state index contributed by atoms with van der Waals surface area (Å²) < 4.78 is 28.9. The van der Waals surface area contributed by atoms with Crippen LogP contribution in [0.25, 0.3) is 0 Å². The molecule has 0 aliphatic heterocycles. The maximum atomic E-state index is 14.5. The van der Waals surface area contributed by atoms with Crippen molar-refractivity contribution in [2.24, 2.45) is 0 Å². The van der Waals surface area contributed by atoms with Crippen LogP contribution >= 0.6 is 0 Å². The van der Waals surface area contributed by atoms with Crippen molar-refractivity contribution in [3.8, 4) is 11.5 Å². The fourth-order valence-electron chi connectivity index (χ4n) is 7.82. The first-order valence-corrected chi connectivity index (χ1v) is 23.5. The Morgan fingerprint density at radius 2 is 0.655 bits per heavy atom. The Kier molecular flexibility index (Phi) is 24.8. The van der Waals surface area contributed by atoms with Crippen LogP contribution in [0.2, 0.25) is 0 Å². The van der Waals surface area contributed by atoms with Gasteiger partial charge in [0.2, 0.25) is 9.84 Å². The molecular weight excluding hydrogens is 713 g/mol. The van der Waals surface area contributed by atoms with Gasteiger partial charge in [-0.15, -0.1) is 0 Å². The highest BCUT2D eigenvalue weighted by Crippen LogP contribution is 2.41. The Bertz CT molecular complexity index is 1390. The summed E-state index contributed by atoms with van der Waals surface area (Å²) in [5, 5.41) is 42.1. The molecule has 55 heavy (non-hydrogen) atoms. The van der Waals surface area contributed by atoms with Crippen molar-refractivity contribution in [2.75, 3.05) is 0 Å². The summed E-state index contributed by atoms with van der Waals surface area (Å²) in [5.74, 6) is -3.87. The Labute approximate surface area is 333 Å². The van der Waals surface area contributed by atoms with Gasteiger partial charge >= 0.3 is 11.9 Å². The lowest BCUT2D eigenvalue weighted by molar-refractivity contribution is 0.0684. The molecule has 8 nitrogen and oxygen atoms in total. The van der Waals surface area contributed by atoms with Gasteiger partial charge in [-0.2, -0.15) is 0 Å². The van der Waals surface area contributed by atoms with Crippen molar-refractivity contribution in [3.63, 3.8) is 0 Å². The lowest BCUT2D eigenvalue weighted by atomic mass is 9.99. The lowest BCUT2D eigenvalue weighted by Gasteiger charge is -2.19. The highest BCUT2D eigenvalue weighted by atomic mass is 32.2. The molecule has 0 unspecified atom stereocenters. The number of carbonyl (C=O) groups is 2. The molecule has 0 saturated heterocycles. The number of unbranched alkanes of at least 4 members (excludes halogenated alkanes) is 26. The van der Waals surface area contributed by atoms with E-state index in [2.05, 4.69) is 13.8 Å². The molecule has 4 N–H and O–H groups in total. The predicted molar refractivity (Wildman–Crippen MR) is 224 cm³/mol. The Balaban J connectivity index is 2.05. The fourth-order valence-corrected chi connectivity index (χ4v) is 9.79. The van der Waals surface area contributed by atoms with Gasteiger partial charge < -0.3 is 20.4 Å². The molecule has 0 amide bonds. The molecule has 0 spiro atoms. The quantitative estimate of drug-likeness (QED) is 0.0512. The maximum Gasteiger partial charge on any atom is 0.336 e. The number of hydrogen-bond donors (Lipinski definition) is 4. The Morgan fingerprint density at radius 3 is 0.891 bits per heavy atom. The van der Waals surface area contributed by atoms with Crippen LogP contribution in [0, 0.1) is 0 Å². The van der Waals surface area contributed by atoms with Crippen LogP contribution in [0.4, 0.5) is 0 Å². The van der Waals surface area contributed by atoms with Crippen molar-refractivity contribution >= 4 is 21.8 Å². The molecule has 2 rings (SSSR count). The maximum absolute atomic E-state index is 14.5. The summed E-state index contributed by atoms with van der Waals surface area (Å²) in [4.78, 5) is 23.5. The zero-order valence-corrected chi connectivity index (χ0v) is 35.2. The van der Waals surface area contributed by atoms with Crippen LogP contribution in [0.5, 0.6) is 11.5 Å². The molecule has 0 aliphatic carbocycles. The summed E-state index contributed by atoms with van der Waals surface area (Å²) in [6.45, 7) is 4.46. The second-order valence-corrected chi connectivity index (χ2v) is 17.5. The number of hydrogen-bond acceptors (Lipinski definition) is 6. The molecule has 0 atom stereocenters. The van der Waals surface area contributed by atoms with E-state index in [9.17, 15) is 38.4 Å². The predicted octanol–water partition coefficient (Wildman–Crippen LogP) is 13.4. The number of aromatic hydroxyl groups is 2. The van der Waals surface area contributed by atoms with Gasteiger partial charge in [-0.3, -0.25) is 0 Å². The number of rotatable bonds is 34. The summed E-state index contributed by atoms with van der Waals surface area (Å²) >= 11 is 0. The van der Waals surface area contributed by atoms with Crippen LogP contribution < -0.4 is 0 Å². The van der Waals surface area contributed by atoms with E-state index in [1.165, 1.54) is 128 Å². The van der Waals surface area contributed by atoms with Gasteiger partial charge in [-0.1, -0.05) is 181 Å². The highest BCUT2D eigenvalue weighted by molar-refractivity contribution is 7.91. The minimum absolute atomic E-state index is 0.0194. The summed E-state index contributed by atoms with van der Waals surface area (Å²) in [7, 11) is -4.74. The van der Waals surface area contributed by atoms with E-state index in [0.717, 1.165) is 63.5 Å². The molecule has 0 aliphatic rings. The minimum Gasteiger partial charge on any atom is -0.507 e. The number of sulfone groups is 1. The average molecular weight is 787 g/mol. The number of aromatic carboxylic acids is 2. The number of carboxylic acid groups (broad SMARTS) is 2. The monoisotopic (exact) mass is 787 g/mol. The van der Waals surface area contributed by atoms with Crippen LogP contribution in [0.3, 0.4) is 0 Å². The van der Waals surface area contributed by atoms with Crippen LogP contribution in [0.1, 0.15) is 225 Å². The lowest BCUT2D eigenvalue weighted by Crippen LogP contribution is -2.15. The minimum atomic E-state index is -4.74. The first-order chi connectivity index (χ1) is 26.6. The Morgan fingerprint density at radius 1 is 0.418 bits per heavy atom. The van der Waals surface area contributed by atoms with Crippen molar-refractivity contribution in [1.29, 1.82) is 0 Å². The van der Waals surface area contributed by atoms with E-state index in [0.29, 0.717) is 12.8 Å². The third-order valence-electron chi connectivity index (χ3n) is 11.0. The van der Waals surface area contributed by atoms with E-state index >= 15 is 0 Å². The molecule has 2 aromatic rings. The molecular formula is C46H74O8S. The zero-order valence-electron chi connectivity index (χ0n) is 34.4. The number of phenolic OH excluding ortho intramolecular Hbond substituents is 2. The third kappa shape index (κ3) is 17.7. The Hall–Kier alpha value is -3.07. The fraction of sp³-hybridized carbons (Fsp3) is 0.696. The van der Waals surface area contributed by atoms with E-state index in [4.69, 9.17) is 0 Å². The molecule has 0 fully saturated rings. The highest BCUT2D eigenvalue weighted by Gasteiger charge is 2.34. The number of carboxylic acids is 2. The smallest absolute Gasteiger partial charge is 0.336 e. The van der Waals surface area contributed by atoms with Crippen molar-refractivity contribution in [3.05, 3.63) is 46.5 Å². The van der Waals surface area contributed by atoms with Crippen molar-refractivity contribution in [1.82, 2.24) is 0 Å². The van der Waals surface area contributed by atoms with Crippen LogP contribution in [-0.2, 0) is 22.7 Å². The first-order valence-electron chi connectivity index (χ1n) is 22.0. The molecule has 0 saturated carbocycles. The summed E-state index contributed by atoms with van der Waals surface area (Å²) in [5.41, 5.74) is -0.495. The number of phenols is 2. The van der Waals surface area contributed by atoms with Crippen LogP contribution in [0.15, 0.2) is 34.1 Å². The molecule has 9 heteroatoms. The van der Waals surface area contributed by atoms with Crippen LogP contribution in [-0.4, -0.2) is 40.8 Å². The van der Waals surface area contributed by atoms with E-state index in [-0.39, 0.29) is 35.1 Å². The molecule has 2 aromatic carbocycles. The van der Waals surface area contributed by atoms with Gasteiger partial charge in [-0.25, -0.2) is 18.0 Å². The first kappa shape index (κ1) is 48.1. The SMILES string of the molecule is CCCCCCCCCCCCCCCCc1c(C(=O)O)ccc(O)c1S(=O)(=O)c1c(O)ccc(C(=O)O)c1CCCCCCCCCCCCCCCC. The van der Waals surface area contributed by atoms with Gasteiger partial charge in [0.05, 0.1) is 11.1 Å². The van der Waals surface area contributed by atoms with E-state index in [1.54, 1.807) is 0 Å². The molecule has 0 bridgehead atoms. The summed E-state index contributed by atoms with van der Waals surface area (Å²) in [6.07, 6.45) is 32.2. The molecule has 0 radical (unpaired) electrons. The van der Waals surface area contributed by atoms with Gasteiger partial charge in [0.25, 0.3) is 0 Å². The second-order valence-electron chi connectivity index (χ2n) is 15.7. The van der Waals surface area contributed by atoms with Crippen molar-refractivity contribution < 1.29 is 38.4 Å². The standard InChI is InChI=1S/C46H74O8S/c1-3-5-7-9-11-13-15-17-19-21-23-25-27-29-31-37-39(45(49)50)33-35-41(47)43(37)55(53,54)44-38(40(46(51)52)34-36-42(44)48)32-30-28-26-24-22-20-18-16-14-12-10-8-6-4-2/h33-36,47-48H,3-32H2,1-2H3,(H,49,50)(H,51,52). The second kappa shape index (κ2) is 28.3. The normalized spacial score (nSPS) is 11.7. The summed E-state index contributed by atoms with van der Waals surface area (Å²) in [6, 6.07) is 4.52. The molecule has 0 heterocycles. The third-order valence-corrected chi connectivity index (χ3v) is 13.0. The largest absolute Gasteiger partial charge is 0.507 e. The van der Waals surface area contributed by atoms with Gasteiger partial charge in [0.15, 0.2) is 0 Å². The van der Waals surface area contributed by atoms with E-state index in [1.807, 2.05) is 0 Å². The topological polar surface area (TPSA) is 149 Å². The average Bonchev–Trinajstić information content (AvgIpc) is 3.14. The van der Waals surface area contributed by atoms with E-state index < -0.39 is 43.1 Å². The van der Waals surface area contributed by atoms with Gasteiger partial charge in [0, 0.05) is 0 Å².